The smallest absolute Gasteiger partial charge is 0.238 e. The molecule has 2 rings (SSSR count). The van der Waals surface area contributed by atoms with Crippen LogP contribution >= 0.6 is 0 Å². The molecule has 0 amide bonds. The lowest BCUT2D eigenvalue weighted by Gasteiger charge is -2.18. The molecule has 8 heteroatoms. The molecule has 4 N–H and O–H groups in total. The Morgan fingerprint density at radius 2 is 2.18 bits per heavy atom. The summed E-state index contributed by atoms with van der Waals surface area (Å²) < 4.78 is 36.6. The number of nitrogens with zero attached hydrogens (tertiary/aromatic N) is 1. The number of nitrogens with two attached hydrogens (primary N) is 2. The Hall–Kier alpha value is -1.35. The van der Waals surface area contributed by atoms with Crippen molar-refractivity contribution in [3.05, 3.63) is 29.6 Å². The van der Waals surface area contributed by atoms with Crippen molar-refractivity contribution in [2.75, 3.05) is 19.6 Å². The number of halogens is 1. The summed E-state index contributed by atoms with van der Waals surface area (Å²) in [6.07, 6.45) is 0.667. The van der Waals surface area contributed by atoms with Crippen LogP contribution in [0.2, 0.25) is 0 Å². The zero-order valence-electron chi connectivity index (χ0n) is 12.3. The normalized spacial score (nSPS) is 21.0. The second kappa shape index (κ2) is 6.41. The molecule has 0 bridgehead atoms. The number of sulfonamides is 1. The van der Waals surface area contributed by atoms with E-state index in [0.717, 1.165) is 31.3 Å². The van der Waals surface area contributed by atoms with Crippen LogP contribution in [0.15, 0.2) is 23.1 Å². The monoisotopic (exact) mass is 329 g/mol. The Kier molecular flexibility index (Phi) is 4.96. The van der Waals surface area contributed by atoms with Crippen LogP contribution in [0, 0.1) is 11.7 Å². The Balaban J connectivity index is 2.31. The van der Waals surface area contributed by atoms with Crippen LogP contribution in [0.1, 0.15) is 24.9 Å². The Morgan fingerprint density at radius 1 is 1.50 bits per heavy atom. The highest BCUT2D eigenvalue weighted by atomic mass is 32.2. The number of carbonyl (C=O) groups excluding carboxylic acids is 1. The summed E-state index contributed by atoms with van der Waals surface area (Å²) in [5.41, 5.74) is 5.84. The minimum atomic E-state index is -4.08. The van der Waals surface area contributed by atoms with Gasteiger partial charge in [0.25, 0.3) is 0 Å². The van der Waals surface area contributed by atoms with Crippen molar-refractivity contribution in [3.8, 4) is 0 Å². The van der Waals surface area contributed by atoms with Crippen molar-refractivity contribution in [1.29, 1.82) is 0 Å². The maximum absolute atomic E-state index is 13.4. The van der Waals surface area contributed by atoms with E-state index in [0.29, 0.717) is 13.0 Å². The fraction of sp³-hybridized carbons (Fsp3) is 0.500. The van der Waals surface area contributed by atoms with Gasteiger partial charge in [-0.1, -0.05) is 6.92 Å². The minimum Gasteiger partial charge on any atom is -0.318 e. The summed E-state index contributed by atoms with van der Waals surface area (Å²) in [6.45, 7) is 4.22. The summed E-state index contributed by atoms with van der Waals surface area (Å²) in [7, 11) is -4.08. The highest BCUT2D eigenvalue weighted by Gasteiger charge is 2.33. The number of rotatable bonds is 5. The predicted octanol–water partition coefficient (Wildman–Crippen LogP) is 0.384. The number of benzene rings is 1. The Morgan fingerprint density at radius 3 is 2.73 bits per heavy atom. The van der Waals surface area contributed by atoms with Crippen LogP contribution in [-0.4, -0.2) is 38.7 Å². The standard InChI is InChI=1S/C14H20FN3O3S/c1-2-18-6-5-9(8-18)14(19)13(16)11-7-10(15)3-4-12(11)22(17,20)21/h3-4,7,9,13H,2,5-6,8,16H2,1H3,(H2,17,20,21)/t9-,13?/m0/s1. The van der Waals surface area contributed by atoms with E-state index in [-0.39, 0.29) is 22.2 Å². The number of likely N-dealkylation sites (tertiary alicyclic amines) is 1. The molecule has 0 aromatic heterocycles. The van der Waals surface area contributed by atoms with E-state index >= 15 is 0 Å². The van der Waals surface area contributed by atoms with Crippen LogP contribution in [-0.2, 0) is 14.8 Å². The van der Waals surface area contributed by atoms with Crippen LogP contribution in [0.4, 0.5) is 4.39 Å². The molecule has 22 heavy (non-hydrogen) atoms. The molecule has 0 saturated carbocycles. The average molecular weight is 329 g/mol. The number of ketones is 1. The zero-order chi connectivity index (χ0) is 16.5. The predicted molar refractivity (Wildman–Crippen MR) is 79.9 cm³/mol. The van der Waals surface area contributed by atoms with Gasteiger partial charge in [0, 0.05) is 12.5 Å². The maximum Gasteiger partial charge on any atom is 0.238 e. The summed E-state index contributed by atoms with van der Waals surface area (Å²) >= 11 is 0. The second-order valence-electron chi connectivity index (χ2n) is 5.49. The molecule has 1 saturated heterocycles. The van der Waals surface area contributed by atoms with Crippen molar-refractivity contribution in [2.45, 2.75) is 24.3 Å². The van der Waals surface area contributed by atoms with Crippen molar-refractivity contribution >= 4 is 15.8 Å². The Bertz CT molecular complexity index is 678. The molecule has 1 aliphatic heterocycles. The van der Waals surface area contributed by atoms with Crippen molar-refractivity contribution in [2.24, 2.45) is 16.8 Å². The van der Waals surface area contributed by atoms with Gasteiger partial charge in [-0.3, -0.25) is 4.79 Å². The molecule has 1 heterocycles. The fourth-order valence-electron chi connectivity index (χ4n) is 2.78. The quantitative estimate of drug-likeness (QED) is 0.812. The number of primary sulfonamides is 1. The minimum absolute atomic E-state index is 0.0811. The summed E-state index contributed by atoms with van der Waals surface area (Å²) in [4.78, 5) is 14.3. The molecular formula is C14H20FN3O3S. The first-order valence-corrected chi connectivity index (χ1v) is 8.62. The van der Waals surface area contributed by atoms with E-state index in [4.69, 9.17) is 10.9 Å². The average Bonchev–Trinajstić information content (AvgIpc) is 2.93. The molecule has 0 aliphatic carbocycles. The zero-order valence-corrected chi connectivity index (χ0v) is 13.1. The van der Waals surface area contributed by atoms with E-state index in [1.165, 1.54) is 0 Å². The lowest BCUT2D eigenvalue weighted by Crippen LogP contribution is -2.32. The van der Waals surface area contributed by atoms with Crippen LogP contribution in [0.5, 0.6) is 0 Å². The SMILES string of the molecule is CCN1CC[C@H](C(=O)C(N)c2cc(F)ccc2S(N)(=O)=O)C1. The third-order valence-corrected chi connectivity index (χ3v) is 5.03. The molecule has 122 valence electrons. The first-order valence-electron chi connectivity index (χ1n) is 7.08. The lowest BCUT2D eigenvalue weighted by atomic mass is 9.93. The Labute approximate surface area is 129 Å². The van der Waals surface area contributed by atoms with Gasteiger partial charge in [-0.05, 0) is 43.3 Å². The van der Waals surface area contributed by atoms with Crippen molar-refractivity contribution in [3.63, 3.8) is 0 Å². The van der Waals surface area contributed by atoms with E-state index in [1.807, 2.05) is 6.92 Å². The van der Waals surface area contributed by atoms with Crippen LogP contribution in [0.25, 0.3) is 0 Å². The van der Waals surface area contributed by atoms with Gasteiger partial charge < -0.3 is 10.6 Å². The lowest BCUT2D eigenvalue weighted by molar-refractivity contribution is -0.123. The first kappa shape index (κ1) is 17.0. The molecule has 1 aromatic rings. The topological polar surface area (TPSA) is 106 Å². The van der Waals surface area contributed by atoms with Gasteiger partial charge in [0.15, 0.2) is 5.78 Å². The second-order valence-corrected chi connectivity index (χ2v) is 7.02. The highest BCUT2D eigenvalue weighted by molar-refractivity contribution is 7.89. The largest absolute Gasteiger partial charge is 0.318 e. The molecule has 0 spiro atoms. The molecule has 1 aromatic carbocycles. The third kappa shape index (κ3) is 3.52. The molecular weight excluding hydrogens is 309 g/mol. The van der Waals surface area contributed by atoms with Gasteiger partial charge in [0.1, 0.15) is 5.82 Å². The molecule has 0 radical (unpaired) electrons. The molecule has 1 fully saturated rings. The number of hydrogen-bond donors (Lipinski definition) is 2. The first-order chi connectivity index (χ1) is 10.2. The molecule has 1 unspecified atom stereocenters. The number of Topliss-reactive ketones (excluding diaryl/α,β-unsaturated/α-hetero) is 1. The third-order valence-electron chi connectivity index (χ3n) is 4.04. The number of hydrogen-bond acceptors (Lipinski definition) is 5. The van der Waals surface area contributed by atoms with Gasteiger partial charge >= 0.3 is 0 Å². The van der Waals surface area contributed by atoms with Crippen molar-refractivity contribution in [1.82, 2.24) is 4.90 Å². The highest BCUT2D eigenvalue weighted by Crippen LogP contribution is 2.27. The van der Waals surface area contributed by atoms with Crippen LogP contribution in [0.3, 0.4) is 0 Å². The summed E-state index contributed by atoms with van der Waals surface area (Å²) in [5.74, 6) is -1.22. The van der Waals surface area contributed by atoms with E-state index < -0.39 is 21.9 Å². The van der Waals surface area contributed by atoms with E-state index in [9.17, 15) is 17.6 Å². The molecule has 1 aliphatic rings. The van der Waals surface area contributed by atoms with Gasteiger partial charge in [0.05, 0.1) is 10.9 Å². The van der Waals surface area contributed by atoms with Crippen molar-refractivity contribution < 1.29 is 17.6 Å². The summed E-state index contributed by atoms with van der Waals surface area (Å²) in [6, 6.07) is 1.79. The summed E-state index contributed by atoms with van der Waals surface area (Å²) in [5, 5.41) is 5.12. The van der Waals surface area contributed by atoms with E-state index in [1.54, 1.807) is 0 Å². The van der Waals surface area contributed by atoms with E-state index in [2.05, 4.69) is 4.90 Å². The van der Waals surface area contributed by atoms with Gasteiger partial charge in [-0.25, -0.2) is 17.9 Å². The van der Waals surface area contributed by atoms with Gasteiger partial charge in [-0.2, -0.15) is 0 Å². The van der Waals surface area contributed by atoms with Gasteiger partial charge in [-0.15, -0.1) is 0 Å². The fourth-order valence-corrected chi connectivity index (χ4v) is 3.55. The van der Waals surface area contributed by atoms with Gasteiger partial charge in [0.2, 0.25) is 10.0 Å². The number of carbonyl (C=O) groups is 1. The molecule has 2 atom stereocenters. The molecule has 6 nitrogen and oxygen atoms in total. The van der Waals surface area contributed by atoms with Crippen LogP contribution < -0.4 is 10.9 Å². The maximum atomic E-state index is 13.4.